The van der Waals surface area contributed by atoms with Crippen molar-refractivity contribution in [3.63, 3.8) is 0 Å². The van der Waals surface area contributed by atoms with E-state index in [0.29, 0.717) is 24.2 Å². The van der Waals surface area contributed by atoms with Crippen LogP contribution in [0.5, 0.6) is 0 Å². The standard InChI is InChI=1S/C16H22FN3/c1-19-14-6-8-15(9-7-14)20(2)11-13-5-3-4-12(10-18)16(13)17/h3-5,14-15,19H,6-9,11H2,1-2H3. The van der Waals surface area contributed by atoms with Gasteiger partial charge in [-0.3, -0.25) is 4.90 Å². The van der Waals surface area contributed by atoms with Gasteiger partial charge in [0.05, 0.1) is 5.56 Å². The first kappa shape index (κ1) is 15.0. The van der Waals surface area contributed by atoms with Crippen molar-refractivity contribution in [2.24, 2.45) is 0 Å². The second-order valence-electron chi connectivity index (χ2n) is 5.60. The van der Waals surface area contributed by atoms with Crippen LogP contribution in [0, 0.1) is 17.1 Å². The van der Waals surface area contributed by atoms with E-state index in [1.54, 1.807) is 12.1 Å². The summed E-state index contributed by atoms with van der Waals surface area (Å²) in [5.41, 5.74) is 0.747. The van der Waals surface area contributed by atoms with Crippen LogP contribution in [0.1, 0.15) is 36.8 Å². The van der Waals surface area contributed by atoms with Crippen LogP contribution in [0.15, 0.2) is 18.2 Å². The molecule has 1 aliphatic carbocycles. The Kier molecular flexibility index (Phi) is 5.11. The van der Waals surface area contributed by atoms with Crippen molar-refractivity contribution < 1.29 is 4.39 Å². The number of rotatable bonds is 4. The van der Waals surface area contributed by atoms with Crippen LogP contribution in [0.4, 0.5) is 4.39 Å². The summed E-state index contributed by atoms with van der Waals surface area (Å²) in [6.45, 7) is 0.566. The number of halogens is 1. The van der Waals surface area contributed by atoms with E-state index in [2.05, 4.69) is 10.2 Å². The van der Waals surface area contributed by atoms with Crippen molar-refractivity contribution in [2.75, 3.05) is 14.1 Å². The molecule has 3 nitrogen and oxygen atoms in total. The van der Waals surface area contributed by atoms with Gasteiger partial charge in [-0.25, -0.2) is 4.39 Å². The molecule has 1 aromatic carbocycles. The molecule has 0 radical (unpaired) electrons. The van der Waals surface area contributed by atoms with E-state index in [0.717, 1.165) is 12.8 Å². The Balaban J connectivity index is 1.99. The molecule has 0 atom stereocenters. The third kappa shape index (κ3) is 3.36. The Hall–Kier alpha value is -1.44. The van der Waals surface area contributed by atoms with E-state index in [1.165, 1.54) is 18.9 Å². The topological polar surface area (TPSA) is 39.1 Å². The first-order chi connectivity index (χ1) is 9.65. The maximum Gasteiger partial charge on any atom is 0.145 e. The SMILES string of the molecule is CNC1CCC(N(C)Cc2cccc(C#N)c2F)CC1. The van der Waals surface area contributed by atoms with E-state index in [-0.39, 0.29) is 11.4 Å². The Morgan fingerprint density at radius 1 is 1.35 bits per heavy atom. The van der Waals surface area contributed by atoms with Crippen LogP contribution in [-0.4, -0.2) is 31.1 Å². The second-order valence-corrected chi connectivity index (χ2v) is 5.60. The largest absolute Gasteiger partial charge is 0.317 e. The van der Waals surface area contributed by atoms with E-state index in [4.69, 9.17) is 5.26 Å². The number of nitrogens with zero attached hydrogens (tertiary/aromatic N) is 2. The van der Waals surface area contributed by atoms with Crippen molar-refractivity contribution in [3.05, 3.63) is 35.1 Å². The fraction of sp³-hybridized carbons (Fsp3) is 0.562. The van der Waals surface area contributed by atoms with E-state index in [9.17, 15) is 4.39 Å². The van der Waals surface area contributed by atoms with Gasteiger partial charge in [-0.15, -0.1) is 0 Å². The molecule has 1 fully saturated rings. The minimum atomic E-state index is -0.370. The Bertz CT molecular complexity index is 487. The van der Waals surface area contributed by atoms with Crippen LogP contribution in [0.3, 0.4) is 0 Å². The smallest absolute Gasteiger partial charge is 0.145 e. The summed E-state index contributed by atoms with van der Waals surface area (Å²) in [5.74, 6) is -0.370. The van der Waals surface area contributed by atoms with Crippen molar-refractivity contribution >= 4 is 0 Å². The van der Waals surface area contributed by atoms with Crippen molar-refractivity contribution in [1.29, 1.82) is 5.26 Å². The molecule has 0 aromatic heterocycles. The second kappa shape index (κ2) is 6.83. The molecule has 20 heavy (non-hydrogen) atoms. The molecule has 0 unspecified atom stereocenters. The third-order valence-corrected chi connectivity index (χ3v) is 4.35. The van der Waals surface area contributed by atoms with Gasteiger partial charge in [0.2, 0.25) is 0 Å². The summed E-state index contributed by atoms with van der Waals surface area (Å²) in [6, 6.07) is 8.08. The Morgan fingerprint density at radius 3 is 2.65 bits per heavy atom. The van der Waals surface area contributed by atoms with Gasteiger partial charge in [0.15, 0.2) is 0 Å². The highest BCUT2D eigenvalue weighted by Gasteiger charge is 2.23. The molecular formula is C16H22FN3. The predicted octanol–water partition coefficient (Wildman–Crippen LogP) is 2.66. The van der Waals surface area contributed by atoms with Crippen LogP contribution < -0.4 is 5.32 Å². The average molecular weight is 275 g/mol. The first-order valence-electron chi connectivity index (χ1n) is 7.20. The number of hydrogen-bond donors (Lipinski definition) is 1. The summed E-state index contributed by atoms with van der Waals surface area (Å²) < 4.78 is 14.1. The van der Waals surface area contributed by atoms with Gasteiger partial charge in [-0.2, -0.15) is 5.26 Å². The molecule has 1 aromatic rings. The van der Waals surface area contributed by atoms with Crippen LogP contribution in [0.25, 0.3) is 0 Å². The van der Waals surface area contributed by atoms with E-state index < -0.39 is 0 Å². The van der Waals surface area contributed by atoms with Gasteiger partial charge in [-0.05, 0) is 45.8 Å². The Labute approximate surface area is 120 Å². The number of nitriles is 1. The molecule has 0 saturated heterocycles. The van der Waals surface area contributed by atoms with E-state index in [1.807, 2.05) is 20.2 Å². The lowest BCUT2D eigenvalue weighted by atomic mass is 9.90. The fourth-order valence-corrected chi connectivity index (χ4v) is 2.99. The zero-order valence-corrected chi connectivity index (χ0v) is 12.2. The third-order valence-electron chi connectivity index (χ3n) is 4.35. The highest BCUT2D eigenvalue weighted by Crippen LogP contribution is 2.24. The fourth-order valence-electron chi connectivity index (χ4n) is 2.99. The zero-order chi connectivity index (χ0) is 14.5. The number of hydrogen-bond acceptors (Lipinski definition) is 3. The monoisotopic (exact) mass is 275 g/mol. The lowest BCUT2D eigenvalue weighted by molar-refractivity contribution is 0.168. The molecule has 0 aliphatic heterocycles. The van der Waals surface area contributed by atoms with Gasteiger partial charge in [-0.1, -0.05) is 12.1 Å². The van der Waals surface area contributed by atoms with Crippen LogP contribution in [0.2, 0.25) is 0 Å². The minimum absolute atomic E-state index is 0.134. The summed E-state index contributed by atoms with van der Waals surface area (Å²) >= 11 is 0. The molecule has 1 aliphatic rings. The number of nitrogens with one attached hydrogen (secondary N) is 1. The molecule has 0 spiro atoms. The van der Waals surface area contributed by atoms with Gasteiger partial charge < -0.3 is 5.32 Å². The normalized spacial score (nSPS) is 22.8. The summed E-state index contributed by atoms with van der Waals surface area (Å²) in [5, 5.41) is 12.2. The lowest BCUT2D eigenvalue weighted by Gasteiger charge is -2.34. The van der Waals surface area contributed by atoms with Crippen LogP contribution in [-0.2, 0) is 6.54 Å². The van der Waals surface area contributed by atoms with Gasteiger partial charge in [0, 0.05) is 24.2 Å². The molecule has 108 valence electrons. The summed E-state index contributed by atoms with van der Waals surface area (Å²) in [7, 11) is 4.06. The highest BCUT2D eigenvalue weighted by atomic mass is 19.1. The van der Waals surface area contributed by atoms with E-state index >= 15 is 0 Å². The maximum atomic E-state index is 14.1. The molecule has 0 amide bonds. The summed E-state index contributed by atoms with van der Waals surface area (Å²) in [4.78, 5) is 2.21. The van der Waals surface area contributed by atoms with Crippen molar-refractivity contribution in [2.45, 2.75) is 44.3 Å². The Morgan fingerprint density at radius 2 is 2.05 bits per heavy atom. The predicted molar refractivity (Wildman–Crippen MR) is 77.7 cm³/mol. The van der Waals surface area contributed by atoms with Crippen molar-refractivity contribution in [1.82, 2.24) is 10.2 Å². The first-order valence-corrected chi connectivity index (χ1v) is 7.20. The lowest BCUT2D eigenvalue weighted by Crippen LogP contribution is -2.39. The number of benzene rings is 1. The van der Waals surface area contributed by atoms with Gasteiger partial charge >= 0.3 is 0 Å². The molecule has 0 heterocycles. The minimum Gasteiger partial charge on any atom is -0.317 e. The quantitative estimate of drug-likeness (QED) is 0.918. The molecule has 4 heteroatoms. The molecule has 0 bridgehead atoms. The van der Waals surface area contributed by atoms with Crippen LogP contribution >= 0.6 is 0 Å². The van der Waals surface area contributed by atoms with Crippen molar-refractivity contribution in [3.8, 4) is 6.07 Å². The zero-order valence-electron chi connectivity index (χ0n) is 12.2. The average Bonchev–Trinajstić information content (AvgIpc) is 2.49. The maximum absolute atomic E-state index is 14.1. The highest BCUT2D eigenvalue weighted by molar-refractivity contribution is 5.34. The van der Waals surface area contributed by atoms with Gasteiger partial charge in [0.25, 0.3) is 0 Å². The molecule has 1 saturated carbocycles. The molecule has 1 N–H and O–H groups in total. The molecule has 2 rings (SSSR count). The molecular weight excluding hydrogens is 253 g/mol. The van der Waals surface area contributed by atoms with Gasteiger partial charge in [0.1, 0.15) is 11.9 Å². The summed E-state index contributed by atoms with van der Waals surface area (Å²) in [6.07, 6.45) is 4.63.